The number of carbonyl (C=O) groups excluding carboxylic acids is 2. The highest BCUT2D eigenvalue weighted by atomic mass is 16.2. The van der Waals surface area contributed by atoms with E-state index in [0.29, 0.717) is 6.54 Å². The molecule has 0 saturated carbocycles. The Morgan fingerprint density at radius 1 is 1.10 bits per heavy atom. The number of hydrogen-bond acceptors (Lipinski definition) is 3. The standard InChI is InChI=1S/C16H25N3O2/c1-16(2,3)13(17)9-14(20)19-11-15(21)18-10-12-7-5-4-6-8-12/h4-8,13H,9-11,17H2,1-3H3,(H,18,21)(H,19,20). The van der Waals surface area contributed by atoms with Crippen molar-refractivity contribution in [3.63, 3.8) is 0 Å². The number of benzene rings is 1. The molecule has 0 aromatic heterocycles. The molecule has 1 rings (SSSR count). The third kappa shape index (κ3) is 6.90. The first kappa shape index (κ1) is 17.2. The average Bonchev–Trinajstić information content (AvgIpc) is 2.43. The van der Waals surface area contributed by atoms with Crippen LogP contribution in [0.1, 0.15) is 32.8 Å². The number of hydrogen-bond donors (Lipinski definition) is 3. The monoisotopic (exact) mass is 291 g/mol. The van der Waals surface area contributed by atoms with Crippen LogP contribution in [0.5, 0.6) is 0 Å². The largest absolute Gasteiger partial charge is 0.350 e. The van der Waals surface area contributed by atoms with E-state index < -0.39 is 0 Å². The second kappa shape index (κ2) is 7.78. The van der Waals surface area contributed by atoms with E-state index in [9.17, 15) is 9.59 Å². The van der Waals surface area contributed by atoms with Crippen LogP contribution in [0, 0.1) is 5.41 Å². The van der Waals surface area contributed by atoms with Crippen molar-refractivity contribution in [1.82, 2.24) is 10.6 Å². The van der Waals surface area contributed by atoms with E-state index in [1.54, 1.807) is 0 Å². The van der Waals surface area contributed by atoms with Crippen LogP contribution in [-0.4, -0.2) is 24.4 Å². The Bertz CT molecular complexity index is 466. The fraction of sp³-hybridized carbons (Fsp3) is 0.500. The van der Waals surface area contributed by atoms with Gasteiger partial charge in [-0.05, 0) is 11.0 Å². The smallest absolute Gasteiger partial charge is 0.239 e. The van der Waals surface area contributed by atoms with Gasteiger partial charge < -0.3 is 16.4 Å². The Labute approximate surface area is 126 Å². The highest BCUT2D eigenvalue weighted by Crippen LogP contribution is 2.19. The molecular formula is C16H25N3O2. The highest BCUT2D eigenvalue weighted by Gasteiger charge is 2.23. The Balaban J connectivity index is 2.25. The zero-order chi connectivity index (χ0) is 15.9. The molecule has 0 fully saturated rings. The van der Waals surface area contributed by atoms with E-state index in [0.717, 1.165) is 5.56 Å². The van der Waals surface area contributed by atoms with Crippen LogP contribution < -0.4 is 16.4 Å². The first-order valence-corrected chi connectivity index (χ1v) is 7.12. The summed E-state index contributed by atoms with van der Waals surface area (Å²) in [7, 11) is 0. The summed E-state index contributed by atoms with van der Waals surface area (Å²) in [6.07, 6.45) is 0.218. The molecule has 2 amide bonds. The molecule has 0 radical (unpaired) electrons. The second-order valence-corrected chi connectivity index (χ2v) is 6.22. The SMILES string of the molecule is CC(C)(C)C(N)CC(=O)NCC(=O)NCc1ccccc1. The fourth-order valence-corrected chi connectivity index (χ4v) is 1.62. The third-order valence-corrected chi connectivity index (χ3v) is 3.30. The van der Waals surface area contributed by atoms with E-state index in [1.165, 1.54) is 0 Å². The molecule has 1 aromatic rings. The number of amides is 2. The van der Waals surface area contributed by atoms with Crippen molar-refractivity contribution >= 4 is 11.8 Å². The predicted molar refractivity (Wildman–Crippen MR) is 83.3 cm³/mol. The molecule has 1 aromatic carbocycles. The summed E-state index contributed by atoms with van der Waals surface area (Å²) >= 11 is 0. The highest BCUT2D eigenvalue weighted by molar-refractivity contribution is 5.84. The van der Waals surface area contributed by atoms with Crippen LogP contribution in [-0.2, 0) is 16.1 Å². The minimum atomic E-state index is -0.232. The number of nitrogens with two attached hydrogens (primary N) is 1. The third-order valence-electron chi connectivity index (χ3n) is 3.30. The van der Waals surface area contributed by atoms with Crippen LogP contribution in [0.25, 0.3) is 0 Å². The van der Waals surface area contributed by atoms with Gasteiger partial charge in [0, 0.05) is 19.0 Å². The molecule has 21 heavy (non-hydrogen) atoms. The Morgan fingerprint density at radius 2 is 1.71 bits per heavy atom. The second-order valence-electron chi connectivity index (χ2n) is 6.22. The molecule has 0 heterocycles. The van der Waals surface area contributed by atoms with Crippen molar-refractivity contribution in [1.29, 1.82) is 0 Å². The van der Waals surface area contributed by atoms with Crippen LogP contribution in [0.2, 0.25) is 0 Å². The summed E-state index contributed by atoms with van der Waals surface area (Å²) in [5.74, 6) is -0.413. The normalized spacial score (nSPS) is 12.6. The number of rotatable bonds is 6. The minimum Gasteiger partial charge on any atom is -0.350 e. The number of carbonyl (C=O) groups is 2. The zero-order valence-corrected chi connectivity index (χ0v) is 13.0. The van der Waals surface area contributed by atoms with Gasteiger partial charge in [0.15, 0.2) is 0 Å². The van der Waals surface area contributed by atoms with Crippen molar-refractivity contribution in [3.8, 4) is 0 Å². The first-order valence-electron chi connectivity index (χ1n) is 7.12. The van der Waals surface area contributed by atoms with Gasteiger partial charge in [0.2, 0.25) is 11.8 Å². The first-order chi connectivity index (χ1) is 9.79. The maximum absolute atomic E-state index is 11.7. The lowest BCUT2D eigenvalue weighted by atomic mass is 9.85. The summed E-state index contributed by atoms with van der Waals surface area (Å²) in [5, 5.41) is 5.34. The van der Waals surface area contributed by atoms with Gasteiger partial charge in [-0.3, -0.25) is 9.59 Å². The Morgan fingerprint density at radius 3 is 2.29 bits per heavy atom. The molecule has 0 spiro atoms. The van der Waals surface area contributed by atoms with E-state index in [2.05, 4.69) is 10.6 Å². The fourth-order valence-electron chi connectivity index (χ4n) is 1.62. The van der Waals surface area contributed by atoms with E-state index >= 15 is 0 Å². The van der Waals surface area contributed by atoms with Gasteiger partial charge in [0.25, 0.3) is 0 Å². The van der Waals surface area contributed by atoms with Crippen molar-refractivity contribution in [3.05, 3.63) is 35.9 Å². The summed E-state index contributed by atoms with van der Waals surface area (Å²) in [6, 6.07) is 9.38. The van der Waals surface area contributed by atoms with Crippen molar-refractivity contribution in [2.24, 2.45) is 11.1 Å². The van der Waals surface area contributed by atoms with E-state index in [4.69, 9.17) is 5.73 Å². The Hall–Kier alpha value is -1.88. The maximum Gasteiger partial charge on any atom is 0.239 e. The van der Waals surface area contributed by atoms with Crippen molar-refractivity contribution in [2.75, 3.05) is 6.54 Å². The quantitative estimate of drug-likeness (QED) is 0.736. The molecule has 1 atom stereocenters. The summed E-state index contributed by atoms with van der Waals surface area (Å²) in [6.45, 7) is 6.38. The van der Waals surface area contributed by atoms with Gasteiger partial charge in [-0.2, -0.15) is 0 Å². The molecule has 1 unspecified atom stereocenters. The van der Waals surface area contributed by atoms with Crippen LogP contribution in [0.15, 0.2) is 30.3 Å². The lowest BCUT2D eigenvalue weighted by Crippen LogP contribution is -2.42. The van der Waals surface area contributed by atoms with Gasteiger partial charge in [-0.25, -0.2) is 0 Å². The van der Waals surface area contributed by atoms with Crippen LogP contribution in [0.4, 0.5) is 0 Å². The zero-order valence-electron chi connectivity index (χ0n) is 13.0. The molecule has 0 aliphatic heterocycles. The maximum atomic E-state index is 11.7. The molecule has 0 saturated heterocycles. The predicted octanol–water partition coefficient (Wildman–Crippen LogP) is 1.18. The van der Waals surface area contributed by atoms with Crippen molar-refractivity contribution < 1.29 is 9.59 Å². The Kier molecular flexibility index (Phi) is 6.37. The van der Waals surface area contributed by atoms with Gasteiger partial charge >= 0.3 is 0 Å². The van der Waals surface area contributed by atoms with Gasteiger partial charge in [0.1, 0.15) is 0 Å². The molecule has 0 bridgehead atoms. The summed E-state index contributed by atoms with van der Waals surface area (Å²) in [5.41, 5.74) is 6.82. The lowest BCUT2D eigenvalue weighted by Gasteiger charge is -2.26. The average molecular weight is 291 g/mol. The summed E-state index contributed by atoms with van der Waals surface area (Å²) in [4.78, 5) is 23.4. The van der Waals surface area contributed by atoms with E-state index in [1.807, 2.05) is 51.1 Å². The minimum absolute atomic E-state index is 0.0253. The van der Waals surface area contributed by atoms with Gasteiger partial charge in [-0.1, -0.05) is 51.1 Å². The van der Waals surface area contributed by atoms with Crippen LogP contribution >= 0.6 is 0 Å². The molecular weight excluding hydrogens is 266 g/mol. The van der Waals surface area contributed by atoms with Gasteiger partial charge in [-0.15, -0.1) is 0 Å². The number of nitrogens with one attached hydrogen (secondary N) is 2. The molecule has 5 nitrogen and oxygen atoms in total. The molecule has 4 N–H and O–H groups in total. The lowest BCUT2D eigenvalue weighted by molar-refractivity contribution is -0.126. The molecule has 0 aliphatic carbocycles. The van der Waals surface area contributed by atoms with E-state index in [-0.39, 0.29) is 36.2 Å². The van der Waals surface area contributed by atoms with Crippen LogP contribution in [0.3, 0.4) is 0 Å². The molecule has 0 aliphatic rings. The molecule has 116 valence electrons. The topological polar surface area (TPSA) is 84.2 Å². The summed E-state index contributed by atoms with van der Waals surface area (Å²) < 4.78 is 0. The van der Waals surface area contributed by atoms with Gasteiger partial charge in [0.05, 0.1) is 6.54 Å². The molecule has 5 heteroatoms. The van der Waals surface area contributed by atoms with Crippen molar-refractivity contribution in [2.45, 2.75) is 39.8 Å².